The maximum Gasteiger partial charge on any atom is 0.0397 e. The van der Waals surface area contributed by atoms with E-state index in [1.165, 1.54) is 11.1 Å². The maximum absolute atomic E-state index is 4.31. The molecule has 0 N–H and O–H groups in total. The summed E-state index contributed by atoms with van der Waals surface area (Å²) < 4.78 is 0. The topological polar surface area (TPSA) is 12.4 Å². The molecule has 0 bridgehead atoms. The average Bonchev–Trinajstić information content (AvgIpc) is 2.60. The lowest BCUT2D eigenvalue weighted by molar-refractivity contribution is 0.511. The molecular formula is C13H13N. The van der Waals surface area contributed by atoms with Gasteiger partial charge in [-0.25, -0.2) is 0 Å². The number of fused-ring (bicyclic) bond motifs is 2. The Morgan fingerprint density at radius 2 is 2.14 bits per heavy atom. The molecule has 14 heavy (non-hydrogen) atoms. The highest BCUT2D eigenvalue weighted by molar-refractivity contribution is 5.71. The molecule has 1 atom stereocenters. The minimum absolute atomic E-state index is 0.276. The Balaban J connectivity index is 2.12. The molecule has 70 valence electrons. The second kappa shape index (κ2) is 2.81. The van der Waals surface area contributed by atoms with Crippen molar-refractivity contribution in [2.45, 2.75) is 18.3 Å². The minimum Gasteiger partial charge on any atom is -0.297 e. The van der Waals surface area contributed by atoms with Crippen LogP contribution in [0.25, 0.3) is 6.08 Å². The average molecular weight is 183 g/mol. The predicted molar refractivity (Wildman–Crippen MR) is 59.7 cm³/mol. The molecule has 1 aliphatic heterocycles. The Hall–Kier alpha value is -1.37. The molecule has 1 aliphatic carbocycles. The number of aliphatic imine (C=N–C) groups is 1. The molecule has 0 fully saturated rings. The van der Waals surface area contributed by atoms with Gasteiger partial charge in [0.1, 0.15) is 0 Å². The SMILES string of the molecule is C1=CC2(CC=NCC2)c2ccccc21. The molecule has 1 spiro atoms. The number of hydrogen-bond donors (Lipinski definition) is 0. The first-order chi connectivity index (χ1) is 6.91. The lowest BCUT2D eigenvalue weighted by atomic mass is 9.76. The van der Waals surface area contributed by atoms with Gasteiger partial charge >= 0.3 is 0 Å². The van der Waals surface area contributed by atoms with Crippen molar-refractivity contribution < 1.29 is 0 Å². The molecule has 1 aromatic carbocycles. The van der Waals surface area contributed by atoms with Gasteiger partial charge in [-0.15, -0.1) is 0 Å². The van der Waals surface area contributed by atoms with E-state index in [1.54, 1.807) is 0 Å². The zero-order chi connectivity index (χ0) is 9.43. The van der Waals surface area contributed by atoms with Gasteiger partial charge in [0, 0.05) is 12.0 Å². The molecule has 1 unspecified atom stereocenters. The molecule has 0 saturated heterocycles. The molecule has 0 saturated carbocycles. The summed E-state index contributed by atoms with van der Waals surface area (Å²) in [7, 11) is 0. The first kappa shape index (κ1) is 7.98. The summed E-state index contributed by atoms with van der Waals surface area (Å²) in [6.45, 7) is 0.971. The summed E-state index contributed by atoms with van der Waals surface area (Å²) in [6, 6.07) is 8.71. The summed E-state index contributed by atoms with van der Waals surface area (Å²) in [5, 5.41) is 0. The molecule has 2 aliphatic rings. The van der Waals surface area contributed by atoms with Gasteiger partial charge in [-0.2, -0.15) is 0 Å². The second-order valence-corrected chi connectivity index (χ2v) is 4.12. The van der Waals surface area contributed by atoms with Crippen molar-refractivity contribution in [1.29, 1.82) is 0 Å². The first-order valence-electron chi connectivity index (χ1n) is 5.18. The van der Waals surface area contributed by atoms with E-state index in [1.807, 2.05) is 0 Å². The van der Waals surface area contributed by atoms with Crippen LogP contribution in [0.5, 0.6) is 0 Å². The molecule has 1 aromatic rings. The van der Waals surface area contributed by atoms with Crippen molar-refractivity contribution >= 4 is 12.3 Å². The minimum atomic E-state index is 0.276. The van der Waals surface area contributed by atoms with Gasteiger partial charge in [0.05, 0.1) is 0 Å². The molecule has 1 nitrogen and oxygen atoms in total. The Labute approximate surface area is 84.2 Å². The van der Waals surface area contributed by atoms with E-state index in [0.717, 1.165) is 19.4 Å². The van der Waals surface area contributed by atoms with Crippen molar-refractivity contribution in [2.75, 3.05) is 6.54 Å². The van der Waals surface area contributed by atoms with Crippen LogP contribution in [0.1, 0.15) is 24.0 Å². The highest BCUT2D eigenvalue weighted by Gasteiger charge is 2.34. The third-order valence-electron chi connectivity index (χ3n) is 3.35. The fraction of sp³-hybridized carbons (Fsp3) is 0.308. The number of hydrogen-bond acceptors (Lipinski definition) is 1. The van der Waals surface area contributed by atoms with Crippen LogP contribution in [0, 0.1) is 0 Å². The van der Waals surface area contributed by atoms with Crippen molar-refractivity contribution in [1.82, 2.24) is 0 Å². The van der Waals surface area contributed by atoms with Gasteiger partial charge in [-0.05, 0) is 30.2 Å². The van der Waals surface area contributed by atoms with E-state index in [2.05, 4.69) is 47.6 Å². The van der Waals surface area contributed by atoms with Crippen molar-refractivity contribution in [2.24, 2.45) is 4.99 Å². The van der Waals surface area contributed by atoms with Crippen LogP contribution in [-0.2, 0) is 5.41 Å². The fourth-order valence-electron chi connectivity index (χ4n) is 2.52. The van der Waals surface area contributed by atoms with Gasteiger partial charge in [-0.1, -0.05) is 36.4 Å². The Morgan fingerprint density at radius 1 is 1.21 bits per heavy atom. The molecule has 0 aromatic heterocycles. The van der Waals surface area contributed by atoms with E-state index in [-0.39, 0.29) is 5.41 Å². The fourth-order valence-corrected chi connectivity index (χ4v) is 2.52. The first-order valence-corrected chi connectivity index (χ1v) is 5.18. The van der Waals surface area contributed by atoms with Gasteiger partial charge in [0.25, 0.3) is 0 Å². The van der Waals surface area contributed by atoms with Crippen LogP contribution < -0.4 is 0 Å². The van der Waals surface area contributed by atoms with E-state index in [0.29, 0.717) is 0 Å². The zero-order valence-corrected chi connectivity index (χ0v) is 8.11. The maximum atomic E-state index is 4.31. The van der Waals surface area contributed by atoms with E-state index in [4.69, 9.17) is 0 Å². The molecular weight excluding hydrogens is 170 g/mol. The van der Waals surface area contributed by atoms with Crippen LogP contribution in [0.3, 0.4) is 0 Å². The molecule has 0 amide bonds. The van der Waals surface area contributed by atoms with E-state index < -0.39 is 0 Å². The summed E-state index contributed by atoms with van der Waals surface area (Å²) in [6.07, 6.45) is 8.94. The van der Waals surface area contributed by atoms with Crippen molar-refractivity contribution in [3.8, 4) is 0 Å². The van der Waals surface area contributed by atoms with Crippen LogP contribution >= 0.6 is 0 Å². The standard InChI is InChI=1S/C13H13N/c1-2-4-12-11(3-1)5-6-13(12)7-9-14-10-8-13/h1-6,9H,7-8,10H2. The molecule has 3 rings (SSSR count). The van der Waals surface area contributed by atoms with Gasteiger partial charge < -0.3 is 0 Å². The highest BCUT2D eigenvalue weighted by atomic mass is 14.7. The lowest BCUT2D eigenvalue weighted by Crippen LogP contribution is -2.26. The summed E-state index contributed by atoms with van der Waals surface area (Å²) >= 11 is 0. The number of rotatable bonds is 0. The Kier molecular flexibility index (Phi) is 1.60. The number of benzene rings is 1. The predicted octanol–water partition coefficient (Wildman–Crippen LogP) is 2.82. The van der Waals surface area contributed by atoms with Crippen molar-refractivity contribution in [3.05, 3.63) is 41.5 Å². The van der Waals surface area contributed by atoms with Crippen molar-refractivity contribution in [3.63, 3.8) is 0 Å². The highest BCUT2D eigenvalue weighted by Crippen LogP contribution is 2.41. The Morgan fingerprint density at radius 3 is 3.00 bits per heavy atom. The second-order valence-electron chi connectivity index (χ2n) is 4.12. The Bertz CT molecular complexity index is 417. The molecule has 1 heterocycles. The molecule has 0 radical (unpaired) electrons. The monoisotopic (exact) mass is 183 g/mol. The summed E-state index contributed by atoms with van der Waals surface area (Å²) in [4.78, 5) is 4.31. The zero-order valence-electron chi connectivity index (χ0n) is 8.11. The van der Waals surface area contributed by atoms with Gasteiger partial charge in [-0.3, -0.25) is 4.99 Å². The van der Waals surface area contributed by atoms with E-state index >= 15 is 0 Å². The molecule has 1 heteroatoms. The third kappa shape index (κ3) is 0.985. The van der Waals surface area contributed by atoms with Gasteiger partial charge in [0.15, 0.2) is 0 Å². The quantitative estimate of drug-likeness (QED) is 0.586. The third-order valence-corrected chi connectivity index (χ3v) is 3.35. The number of allylic oxidation sites excluding steroid dienone is 1. The van der Waals surface area contributed by atoms with Crippen LogP contribution in [-0.4, -0.2) is 12.8 Å². The normalized spacial score (nSPS) is 28.3. The van der Waals surface area contributed by atoms with Crippen LogP contribution in [0.4, 0.5) is 0 Å². The van der Waals surface area contributed by atoms with Gasteiger partial charge in [0.2, 0.25) is 0 Å². The van der Waals surface area contributed by atoms with E-state index in [9.17, 15) is 0 Å². The lowest BCUT2D eigenvalue weighted by Gasteiger charge is -2.29. The van der Waals surface area contributed by atoms with Crippen LogP contribution in [0.2, 0.25) is 0 Å². The largest absolute Gasteiger partial charge is 0.297 e. The number of nitrogens with zero attached hydrogens (tertiary/aromatic N) is 1. The van der Waals surface area contributed by atoms with Crippen LogP contribution in [0.15, 0.2) is 35.3 Å². The summed E-state index contributed by atoms with van der Waals surface area (Å²) in [5.41, 5.74) is 3.16. The smallest absolute Gasteiger partial charge is 0.0397 e. The summed E-state index contributed by atoms with van der Waals surface area (Å²) in [5.74, 6) is 0.